The molecule has 0 spiro atoms. The van der Waals surface area contributed by atoms with Crippen LogP contribution < -0.4 is 0 Å². The third kappa shape index (κ3) is 2.21. The molecule has 3 aromatic rings. The first-order valence-electron chi connectivity index (χ1n) is 7.24. The van der Waals surface area contributed by atoms with E-state index in [9.17, 15) is 10.1 Å². The lowest BCUT2D eigenvalue weighted by molar-refractivity contribution is -0.384. The van der Waals surface area contributed by atoms with Gasteiger partial charge >= 0.3 is 0 Å². The second-order valence-electron chi connectivity index (χ2n) is 5.38. The van der Waals surface area contributed by atoms with Crippen molar-refractivity contribution in [2.24, 2.45) is 0 Å². The van der Waals surface area contributed by atoms with Crippen LogP contribution in [-0.2, 0) is 0 Å². The van der Waals surface area contributed by atoms with Crippen molar-refractivity contribution in [1.29, 1.82) is 0 Å². The summed E-state index contributed by atoms with van der Waals surface area (Å²) in [6.07, 6.45) is 5.54. The lowest BCUT2D eigenvalue weighted by Gasteiger charge is -2.03. The molecule has 0 fully saturated rings. The monoisotopic (exact) mass is 300 g/mol. The highest BCUT2D eigenvalue weighted by atomic mass is 16.6. The number of nitrogens with zero attached hydrogens (tertiary/aromatic N) is 2. The van der Waals surface area contributed by atoms with E-state index in [2.05, 4.69) is 4.98 Å². The van der Waals surface area contributed by atoms with E-state index < -0.39 is 0 Å². The van der Waals surface area contributed by atoms with Crippen LogP contribution in [0.3, 0.4) is 0 Å². The average molecular weight is 300 g/mol. The van der Waals surface area contributed by atoms with Crippen molar-refractivity contribution in [3.05, 3.63) is 93.8 Å². The van der Waals surface area contributed by atoms with E-state index in [-0.39, 0.29) is 10.6 Å². The van der Waals surface area contributed by atoms with Gasteiger partial charge in [-0.25, -0.2) is 0 Å². The van der Waals surface area contributed by atoms with E-state index >= 15 is 0 Å². The van der Waals surface area contributed by atoms with Crippen LogP contribution in [0.1, 0.15) is 16.7 Å². The molecular formula is C19H12N2O2. The second kappa shape index (κ2) is 5.18. The molecule has 0 N–H and O–H groups in total. The van der Waals surface area contributed by atoms with Gasteiger partial charge in [0.25, 0.3) is 5.69 Å². The van der Waals surface area contributed by atoms with Crippen molar-refractivity contribution < 1.29 is 4.92 Å². The standard InChI is InChI=1S/C19H12N2O2/c22-21(23)14-7-8-17-15-5-1-2-6-16(15)18(19(17)11-14)10-13-4-3-9-20-12-13/h1-12H. The van der Waals surface area contributed by atoms with Crippen molar-refractivity contribution >= 4 is 17.3 Å². The van der Waals surface area contributed by atoms with Crippen LogP contribution in [0.5, 0.6) is 0 Å². The first-order chi connectivity index (χ1) is 11.2. The van der Waals surface area contributed by atoms with Gasteiger partial charge in [0, 0.05) is 24.5 Å². The number of benzene rings is 2. The summed E-state index contributed by atoms with van der Waals surface area (Å²) in [5, 5.41) is 11.1. The molecule has 1 aliphatic carbocycles. The van der Waals surface area contributed by atoms with Crippen molar-refractivity contribution in [2.45, 2.75) is 0 Å². The molecule has 1 aliphatic rings. The normalized spacial score (nSPS) is 13.7. The molecule has 0 saturated carbocycles. The van der Waals surface area contributed by atoms with Gasteiger partial charge in [-0.2, -0.15) is 0 Å². The lowest BCUT2D eigenvalue weighted by Crippen LogP contribution is -1.89. The van der Waals surface area contributed by atoms with Crippen LogP contribution in [0.2, 0.25) is 0 Å². The number of fused-ring (bicyclic) bond motifs is 3. The molecule has 1 aromatic heterocycles. The van der Waals surface area contributed by atoms with E-state index in [1.54, 1.807) is 24.5 Å². The molecule has 1 heterocycles. The van der Waals surface area contributed by atoms with Crippen LogP contribution in [-0.4, -0.2) is 9.91 Å². The minimum Gasteiger partial charge on any atom is -0.264 e. The van der Waals surface area contributed by atoms with E-state index in [1.807, 2.05) is 48.5 Å². The summed E-state index contributed by atoms with van der Waals surface area (Å²) < 4.78 is 0. The molecular weight excluding hydrogens is 288 g/mol. The highest BCUT2D eigenvalue weighted by molar-refractivity contribution is 6.06. The number of pyridine rings is 1. The van der Waals surface area contributed by atoms with Crippen LogP contribution >= 0.6 is 0 Å². The Labute approximate surface area is 132 Å². The minimum atomic E-state index is -0.356. The fraction of sp³-hybridized carbons (Fsp3) is 0. The molecule has 0 atom stereocenters. The van der Waals surface area contributed by atoms with Gasteiger partial charge in [-0.05, 0) is 51.6 Å². The van der Waals surface area contributed by atoms with Gasteiger partial charge < -0.3 is 0 Å². The Kier molecular flexibility index (Phi) is 3.01. The van der Waals surface area contributed by atoms with Gasteiger partial charge in [0.15, 0.2) is 0 Å². The molecule has 0 amide bonds. The summed E-state index contributed by atoms with van der Waals surface area (Å²) in [6.45, 7) is 0. The van der Waals surface area contributed by atoms with Crippen molar-refractivity contribution in [3.63, 3.8) is 0 Å². The molecule has 4 nitrogen and oxygen atoms in total. The number of nitro groups is 1. The molecule has 0 unspecified atom stereocenters. The summed E-state index contributed by atoms with van der Waals surface area (Å²) in [7, 11) is 0. The Hall–Kier alpha value is -3.27. The SMILES string of the molecule is O=[N+]([O-])c1ccc2c(c1)C(=Cc1cccnc1)c1ccccc1-2. The zero-order valence-electron chi connectivity index (χ0n) is 12.1. The van der Waals surface area contributed by atoms with Gasteiger partial charge in [-0.1, -0.05) is 30.3 Å². The van der Waals surface area contributed by atoms with Crippen molar-refractivity contribution in [1.82, 2.24) is 4.98 Å². The van der Waals surface area contributed by atoms with Gasteiger partial charge in [-0.3, -0.25) is 15.1 Å². The Morgan fingerprint density at radius 2 is 1.70 bits per heavy atom. The van der Waals surface area contributed by atoms with Gasteiger partial charge in [0.1, 0.15) is 0 Å². The molecule has 4 heteroatoms. The highest BCUT2D eigenvalue weighted by Crippen LogP contribution is 2.45. The number of non-ortho nitro benzene ring substituents is 1. The highest BCUT2D eigenvalue weighted by Gasteiger charge is 2.25. The maximum absolute atomic E-state index is 11.1. The zero-order chi connectivity index (χ0) is 15.8. The largest absolute Gasteiger partial charge is 0.270 e. The zero-order valence-corrected chi connectivity index (χ0v) is 12.1. The van der Waals surface area contributed by atoms with Crippen LogP contribution in [0.15, 0.2) is 67.0 Å². The number of aromatic nitrogens is 1. The third-order valence-corrected chi connectivity index (χ3v) is 4.01. The van der Waals surface area contributed by atoms with E-state index in [1.165, 1.54) is 0 Å². The lowest BCUT2D eigenvalue weighted by atomic mass is 10.0. The molecule has 0 bridgehead atoms. The van der Waals surface area contributed by atoms with E-state index in [0.29, 0.717) is 0 Å². The van der Waals surface area contributed by atoms with Gasteiger partial charge in [0.05, 0.1) is 4.92 Å². The number of hydrogen-bond donors (Lipinski definition) is 0. The van der Waals surface area contributed by atoms with Crippen LogP contribution in [0, 0.1) is 10.1 Å². The molecule has 23 heavy (non-hydrogen) atoms. The fourth-order valence-electron chi connectivity index (χ4n) is 2.98. The maximum atomic E-state index is 11.1. The fourth-order valence-corrected chi connectivity index (χ4v) is 2.98. The average Bonchev–Trinajstić information content (AvgIpc) is 2.90. The predicted octanol–water partition coefficient (Wildman–Crippen LogP) is 4.56. The van der Waals surface area contributed by atoms with Crippen molar-refractivity contribution in [3.8, 4) is 11.1 Å². The first kappa shape index (κ1) is 13.4. The summed E-state index contributed by atoms with van der Waals surface area (Å²) in [4.78, 5) is 14.9. The van der Waals surface area contributed by atoms with Crippen molar-refractivity contribution in [2.75, 3.05) is 0 Å². The van der Waals surface area contributed by atoms with Gasteiger partial charge in [0.2, 0.25) is 0 Å². The number of rotatable bonds is 2. The molecule has 0 saturated heterocycles. The summed E-state index contributed by atoms with van der Waals surface area (Å²) in [6, 6.07) is 16.9. The van der Waals surface area contributed by atoms with Gasteiger partial charge in [-0.15, -0.1) is 0 Å². The Morgan fingerprint density at radius 3 is 2.43 bits per heavy atom. The number of hydrogen-bond acceptors (Lipinski definition) is 3. The van der Waals surface area contributed by atoms with E-state index in [4.69, 9.17) is 0 Å². The van der Waals surface area contributed by atoms with Crippen LogP contribution in [0.4, 0.5) is 5.69 Å². The molecule has 110 valence electrons. The predicted molar refractivity (Wildman–Crippen MR) is 89.7 cm³/mol. The summed E-state index contributed by atoms with van der Waals surface area (Å²) in [5.41, 5.74) is 6.18. The smallest absolute Gasteiger partial charge is 0.264 e. The number of nitro benzene ring substituents is 1. The Morgan fingerprint density at radius 1 is 0.913 bits per heavy atom. The molecule has 0 radical (unpaired) electrons. The van der Waals surface area contributed by atoms with Crippen LogP contribution in [0.25, 0.3) is 22.8 Å². The second-order valence-corrected chi connectivity index (χ2v) is 5.38. The molecule has 0 aliphatic heterocycles. The Balaban J connectivity index is 1.98. The summed E-state index contributed by atoms with van der Waals surface area (Å²) in [5.74, 6) is 0. The topological polar surface area (TPSA) is 56.0 Å². The summed E-state index contributed by atoms with van der Waals surface area (Å²) >= 11 is 0. The van der Waals surface area contributed by atoms with E-state index in [0.717, 1.165) is 33.4 Å². The maximum Gasteiger partial charge on any atom is 0.270 e. The molecule has 2 aromatic carbocycles. The first-order valence-corrected chi connectivity index (χ1v) is 7.24. The molecule has 4 rings (SSSR count). The third-order valence-electron chi connectivity index (χ3n) is 4.01. The quantitative estimate of drug-likeness (QED) is 0.403. The minimum absolute atomic E-state index is 0.105. The Bertz CT molecular complexity index is 947.